The van der Waals surface area contributed by atoms with Gasteiger partial charge in [-0.25, -0.2) is 0 Å². The van der Waals surface area contributed by atoms with Crippen LogP contribution in [0.4, 0.5) is 0 Å². The van der Waals surface area contributed by atoms with E-state index in [0.29, 0.717) is 23.9 Å². The maximum Gasteiger partial charge on any atom is 0.225 e. The molecule has 2 aromatic carbocycles. The molecule has 0 aliphatic carbocycles. The Balaban J connectivity index is 1.57. The monoisotopic (exact) mass is 369 g/mol. The molecule has 1 atom stereocenters. The first-order valence-electron chi connectivity index (χ1n) is 8.39. The number of nitrogens with one attached hydrogen (secondary N) is 1. The van der Waals surface area contributed by atoms with E-state index in [0.717, 1.165) is 11.1 Å². The Labute approximate surface area is 157 Å². The molecule has 3 rings (SSSR count). The summed E-state index contributed by atoms with van der Waals surface area (Å²) in [5.41, 5.74) is 2.96. The molecular weight excluding hydrogens is 350 g/mol. The lowest BCUT2D eigenvalue weighted by Gasteiger charge is -2.12. The first kappa shape index (κ1) is 18.1. The fourth-order valence-electron chi connectivity index (χ4n) is 2.46. The molecule has 0 aliphatic rings. The summed E-state index contributed by atoms with van der Waals surface area (Å²) < 4.78 is 0. The van der Waals surface area contributed by atoms with Crippen molar-refractivity contribution in [2.45, 2.75) is 26.9 Å². The zero-order valence-electron chi connectivity index (χ0n) is 14.7. The van der Waals surface area contributed by atoms with Crippen molar-refractivity contribution in [3.63, 3.8) is 0 Å². The summed E-state index contributed by atoms with van der Waals surface area (Å²) in [5.74, 6) is 0.172. The van der Waals surface area contributed by atoms with Crippen molar-refractivity contribution in [1.82, 2.24) is 25.5 Å². The molecule has 0 saturated carbocycles. The van der Waals surface area contributed by atoms with E-state index in [9.17, 15) is 4.79 Å². The predicted molar refractivity (Wildman–Crippen MR) is 100 cm³/mol. The molecule has 7 heteroatoms. The minimum Gasteiger partial charge on any atom is -0.352 e. The average Bonchev–Trinajstić information content (AvgIpc) is 3.09. The summed E-state index contributed by atoms with van der Waals surface area (Å²) in [4.78, 5) is 13.8. The molecule has 1 N–H and O–H groups in total. The quantitative estimate of drug-likeness (QED) is 0.723. The molecule has 0 aliphatic heterocycles. The predicted octanol–water partition coefficient (Wildman–Crippen LogP) is 3.25. The zero-order valence-corrected chi connectivity index (χ0v) is 15.4. The number of halogens is 1. The van der Waals surface area contributed by atoms with Gasteiger partial charge in [-0.15, -0.1) is 10.2 Å². The smallest absolute Gasteiger partial charge is 0.225 e. The van der Waals surface area contributed by atoms with Gasteiger partial charge in [-0.05, 0) is 23.8 Å². The molecule has 134 valence electrons. The summed E-state index contributed by atoms with van der Waals surface area (Å²) in [6.45, 7) is 4.60. The number of nitrogens with zero attached hydrogens (tertiary/aromatic N) is 4. The van der Waals surface area contributed by atoms with Crippen molar-refractivity contribution in [2.75, 3.05) is 0 Å². The topological polar surface area (TPSA) is 72.7 Å². The molecule has 0 unspecified atom stereocenters. The number of benzene rings is 2. The molecule has 0 fully saturated rings. The summed E-state index contributed by atoms with van der Waals surface area (Å²) in [6.07, 6.45) is 0. The highest BCUT2D eigenvalue weighted by atomic mass is 35.5. The Morgan fingerprint density at radius 3 is 2.65 bits per heavy atom. The zero-order chi connectivity index (χ0) is 18.5. The molecule has 0 bridgehead atoms. The summed E-state index contributed by atoms with van der Waals surface area (Å²) in [5, 5.41) is 16.0. The SMILES string of the molecule is Cc1ccc(-c2nnn(C[C@H](C)C(=O)NCc3ccccc3Cl)n2)cc1. The van der Waals surface area contributed by atoms with Crippen LogP contribution in [0, 0.1) is 12.8 Å². The Kier molecular flexibility index (Phi) is 5.63. The van der Waals surface area contributed by atoms with Crippen LogP contribution >= 0.6 is 11.6 Å². The van der Waals surface area contributed by atoms with Gasteiger partial charge in [-0.3, -0.25) is 4.79 Å². The van der Waals surface area contributed by atoms with E-state index in [1.54, 1.807) is 6.07 Å². The van der Waals surface area contributed by atoms with E-state index < -0.39 is 0 Å². The second-order valence-corrected chi connectivity index (χ2v) is 6.65. The molecule has 6 nitrogen and oxygen atoms in total. The molecule has 26 heavy (non-hydrogen) atoms. The van der Waals surface area contributed by atoms with Crippen LogP contribution in [0.3, 0.4) is 0 Å². The van der Waals surface area contributed by atoms with Gasteiger partial charge in [0.2, 0.25) is 11.7 Å². The van der Waals surface area contributed by atoms with Gasteiger partial charge in [0.1, 0.15) is 0 Å². The van der Waals surface area contributed by atoms with Crippen LogP contribution in [-0.4, -0.2) is 26.1 Å². The molecule has 0 saturated heterocycles. The fourth-order valence-corrected chi connectivity index (χ4v) is 2.67. The van der Waals surface area contributed by atoms with E-state index >= 15 is 0 Å². The number of hydrogen-bond acceptors (Lipinski definition) is 4. The Morgan fingerprint density at radius 2 is 1.92 bits per heavy atom. The van der Waals surface area contributed by atoms with Crippen molar-refractivity contribution in [3.8, 4) is 11.4 Å². The van der Waals surface area contributed by atoms with Crippen molar-refractivity contribution in [2.24, 2.45) is 5.92 Å². The maximum absolute atomic E-state index is 12.3. The standard InChI is InChI=1S/C19H20ClN5O/c1-13-7-9-15(10-8-13)18-22-24-25(23-18)12-14(2)19(26)21-11-16-5-3-4-6-17(16)20/h3-10,14H,11-12H2,1-2H3,(H,21,26)/t14-/m0/s1. The largest absolute Gasteiger partial charge is 0.352 e. The number of aryl methyl sites for hydroxylation is 1. The van der Waals surface area contributed by atoms with Crippen LogP contribution in [0.1, 0.15) is 18.1 Å². The number of carbonyl (C=O) groups is 1. The first-order chi connectivity index (χ1) is 12.5. The number of tetrazole rings is 1. The van der Waals surface area contributed by atoms with E-state index in [4.69, 9.17) is 11.6 Å². The summed E-state index contributed by atoms with van der Waals surface area (Å²) in [7, 11) is 0. The second-order valence-electron chi connectivity index (χ2n) is 6.24. The highest BCUT2D eigenvalue weighted by Gasteiger charge is 2.16. The van der Waals surface area contributed by atoms with Crippen LogP contribution in [-0.2, 0) is 17.9 Å². The first-order valence-corrected chi connectivity index (χ1v) is 8.76. The molecule has 0 spiro atoms. The van der Waals surface area contributed by atoms with E-state index in [2.05, 4.69) is 20.7 Å². The van der Waals surface area contributed by atoms with Crippen molar-refractivity contribution >= 4 is 17.5 Å². The van der Waals surface area contributed by atoms with Gasteiger partial charge in [-0.1, -0.05) is 66.6 Å². The third-order valence-corrected chi connectivity index (χ3v) is 4.43. The minimum atomic E-state index is -0.294. The molecule has 0 radical (unpaired) electrons. The fraction of sp³-hybridized carbons (Fsp3) is 0.263. The lowest BCUT2D eigenvalue weighted by atomic mass is 10.1. The van der Waals surface area contributed by atoms with Gasteiger partial charge < -0.3 is 5.32 Å². The summed E-state index contributed by atoms with van der Waals surface area (Å²) in [6, 6.07) is 15.4. The number of aromatic nitrogens is 4. The van der Waals surface area contributed by atoms with Crippen LogP contribution in [0.5, 0.6) is 0 Å². The van der Waals surface area contributed by atoms with Gasteiger partial charge >= 0.3 is 0 Å². The third kappa shape index (κ3) is 4.46. The van der Waals surface area contributed by atoms with Gasteiger partial charge in [0.15, 0.2) is 0 Å². The number of amides is 1. The van der Waals surface area contributed by atoms with Crippen molar-refractivity contribution in [1.29, 1.82) is 0 Å². The van der Waals surface area contributed by atoms with E-state index in [1.807, 2.05) is 56.3 Å². The van der Waals surface area contributed by atoms with Crippen molar-refractivity contribution < 1.29 is 4.79 Å². The van der Waals surface area contributed by atoms with Gasteiger partial charge in [0, 0.05) is 17.1 Å². The van der Waals surface area contributed by atoms with Crippen LogP contribution < -0.4 is 5.32 Å². The lowest BCUT2D eigenvalue weighted by molar-refractivity contribution is -0.125. The van der Waals surface area contributed by atoms with Gasteiger partial charge in [0.05, 0.1) is 12.5 Å². The van der Waals surface area contributed by atoms with Crippen LogP contribution in [0.2, 0.25) is 5.02 Å². The molecular formula is C19H20ClN5O. The number of rotatable bonds is 6. The highest BCUT2D eigenvalue weighted by Crippen LogP contribution is 2.15. The number of hydrogen-bond donors (Lipinski definition) is 1. The molecule has 3 aromatic rings. The van der Waals surface area contributed by atoms with Crippen LogP contribution in [0.25, 0.3) is 11.4 Å². The summed E-state index contributed by atoms with van der Waals surface area (Å²) >= 11 is 6.10. The van der Waals surface area contributed by atoms with Gasteiger partial charge in [0.25, 0.3) is 0 Å². The maximum atomic E-state index is 12.3. The number of carbonyl (C=O) groups excluding carboxylic acids is 1. The molecule has 1 aromatic heterocycles. The van der Waals surface area contributed by atoms with E-state index in [1.165, 1.54) is 10.4 Å². The normalized spacial score (nSPS) is 12.0. The third-order valence-electron chi connectivity index (χ3n) is 4.06. The second kappa shape index (κ2) is 8.10. The van der Waals surface area contributed by atoms with Gasteiger partial charge in [-0.2, -0.15) is 4.80 Å². The minimum absolute atomic E-state index is 0.0842. The van der Waals surface area contributed by atoms with Crippen molar-refractivity contribution in [3.05, 3.63) is 64.7 Å². The molecule has 1 amide bonds. The molecule has 1 heterocycles. The Bertz CT molecular complexity index is 891. The van der Waals surface area contributed by atoms with Crippen LogP contribution in [0.15, 0.2) is 48.5 Å². The lowest BCUT2D eigenvalue weighted by Crippen LogP contribution is -2.31. The average molecular weight is 370 g/mol. The Hall–Kier alpha value is -2.73. The Morgan fingerprint density at radius 1 is 1.19 bits per heavy atom. The highest BCUT2D eigenvalue weighted by molar-refractivity contribution is 6.31. The van der Waals surface area contributed by atoms with E-state index in [-0.39, 0.29) is 11.8 Å².